The first-order chi connectivity index (χ1) is 11.4. The van der Waals surface area contributed by atoms with E-state index in [2.05, 4.69) is 17.2 Å². The van der Waals surface area contributed by atoms with Crippen LogP contribution in [-0.4, -0.2) is 23.2 Å². The van der Waals surface area contributed by atoms with Crippen molar-refractivity contribution in [2.75, 3.05) is 6.54 Å². The fraction of sp³-hybridized carbons (Fsp3) is 0.438. The minimum absolute atomic E-state index is 0.126. The Balaban J connectivity index is 2.74. The normalized spacial score (nSPS) is 11.3. The zero-order chi connectivity index (χ0) is 19.3. The molecule has 0 spiro atoms. The monoisotopic (exact) mass is 358 g/mol. The molecular formula is C16H17F3N2O4. The van der Waals surface area contributed by atoms with Crippen LogP contribution in [0.2, 0.25) is 0 Å². The Bertz CT molecular complexity index is 713. The molecule has 0 atom stereocenters. The molecule has 0 unspecified atom stereocenters. The number of alkyl halides is 3. The highest BCUT2D eigenvalue weighted by Crippen LogP contribution is 2.32. The SMILES string of the molecule is CC(C)(C)OC(=O)NCCC#Cc1cc([N+](=O)[O-])cc(C(F)(F)F)c1. The van der Waals surface area contributed by atoms with Crippen LogP contribution in [0.3, 0.4) is 0 Å². The van der Waals surface area contributed by atoms with Gasteiger partial charge in [-0.25, -0.2) is 4.79 Å². The number of ether oxygens (including phenoxy) is 1. The number of rotatable bonds is 3. The second-order valence-electron chi connectivity index (χ2n) is 6.00. The van der Waals surface area contributed by atoms with Crippen molar-refractivity contribution in [2.24, 2.45) is 0 Å². The van der Waals surface area contributed by atoms with Gasteiger partial charge in [-0.3, -0.25) is 10.1 Å². The quantitative estimate of drug-likeness (QED) is 0.385. The number of carbonyl (C=O) groups is 1. The zero-order valence-electron chi connectivity index (χ0n) is 13.9. The Morgan fingerprint density at radius 2 is 1.92 bits per heavy atom. The second-order valence-corrected chi connectivity index (χ2v) is 6.00. The van der Waals surface area contributed by atoms with Gasteiger partial charge in [0.05, 0.1) is 10.5 Å². The number of alkyl carbamates (subject to hydrolysis) is 1. The van der Waals surface area contributed by atoms with Crippen LogP contribution in [0.1, 0.15) is 38.3 Å². The maximum atomic E-state index is 12.7. The predicted molar refractivity (Wildman–Crippen MR) is 83.8 cm³/mol. The summed E-state index contributed by atoms with van der Waals surface area (Å²) in [7, 11) is 0. The van der Waals surface area contributed by atoms with Gasteiger partial charge in [-0.1, -0.05) is 11.8 Å². The molecule has 1 rings (SSSR count). The van der Waals surface area contributed by atoms with Gasteiger partial charge in [0.25, 0.3) is 5.69 Å². The number of hydrogen-bond donors (Lipinski definition) is 1. The molecule has 0 bridgehead atoms. The molecule has 6 nitrogen and oxygen atoms in total. The van der Waals surface area contributed by atoms with Gasteiger partial charge in [0.15, 0.2) is 0 Å². The average molecular weight is 358 g/mol. The number of hydrogen-bond acceptors (Lipinski definition) is 4. The molecule has 1 aromatic carbocycles. The number of halogens is 3. The Labute approximate surface area is 142 Å². The molecule has 0 heterocycles. The molecule has 1 aromatic rings. The number of carbonyl (C=O) groups excluding carboxylic acids is 1. The van der Waals surface area contributed by atoms with Crippen molar-refractivity contribution < 1.29 is 27.6 Å². The first-order valence-electron chi connectivity index (χ1n) is 7.21. The number of nitro groups is 1. The minimum atomic E-state index is -4.71. The number of nitrogens with zero attached hydrogens (tertiary/aromatic N) is 1. The van der Waals surface area contributed by atoms with Crippen molar-refractivity contribution in [2.45, 2.75) is 39.0 Å². The van der Waals surface area contributed by atoms with Crippen LogP contribution in [0.25, 0.3) is 0 Å². The first kappa shape index (κ1) is 20.3. The lowest BCUT2D eigenvalue weighted by Crippen LogP contribution is -2.32. The van der Waals surface area contributed by atoms with Crippen molar-refractivity contribution in [1.82, 2.24) is 5.32 Å². The highest BCUT2D eigenvalue weighted by atomic mass is 19.4. The molecule has 0 fully saturated rings. The molecule has 1 N–H and O–H groups in total. The summed E-state index contributed by atoms with van der Waals surface area (Å²) in [5.41, 5.74) is -2.60. The van der Waals surface area contributed by atoms with E-state index in [0.717, 1.165) is 12.1 Å². The number of nitro benzene ring substituents is 1. The fourth-order valence-corrected chi connectivity index (χ4v) is 1.66. The second kappa shape index (κ2) is 7.88. The number of amides is 1. The van der Waals surface area contributed by atoms with E-state index in [4.69, 9.17) is 4.74 Å². The Morgan fingerprint density at radius 1 is 1.28 bits per heavy atom. The van der Waals surface area contributed by atoms with Crippen molar-refractivity contribution in [3.63, 3.8) is 0 Å². The van der Waals surface area contributed by atoms with Crippen molar-refractivity contribution >= 4 is 11.8 Å². The Hall–Kier alpha value is -2.76. The van der Waals surface area contributed by atoms with E-state index in [-0.39, 0.29) is 18.5 Å². The van der Waals surface area contributed by atoms with Crippen LogP contribution in [0.4, 0.5) is 23.7 Å². The molecule has 25 heavy (non-hydrogen) atoms. The Kier molecular flexibility index (Phi) is 6.39. The Morgan fingerprint density at radius 3 is 2.44 bits per heavy atom. The van der Waals surface area contributed by atoms with Crippen molar-refractivity contribution in [3.8, 4) is 11.8 Å². The van der Waals surface area contributed by atoms with Gasteiger partial charge in [0.2, 0.25) is 0 Å². The molecule has 9 heteroatoms. The van der Waals surface area contributed by atoms with E-state index in [1.165, 1.54) is 0 Å². The van der Waals surface area contributed by atoms with Crippen LogP contribution in [-0.2, 0) is 10.9 Å². The van der Waals surface area contributed by atoms with Gasteiger partial charge in [-0.15, -0.1) is 0 Å². The van der Waals surface area contributed by atoms with Gasteiger partial charge in [-0.2, -0.15) is 13.2 Å². The van der Waals surface area contributed by atoms with Crippen LogP contribution in [0.5, 0.6) is 0 Å². The van der Waals surface area contributed by atoms with Crippen LogP contribution >= 0.6 is 0 Å². The van der Waals surface area contributed by atoms with Crippen molar-refractivity contribution in [3.05, 3.63) is 39.4 Å². The highest BCUT2D eigenvalue weighted by Gasteiger charge is 2.32. The molecule has 0 aromatic heterocycles. The topological polar surface area (TPSA) is 81.5 Å². The van der Waals surface area contributed by atoms with Gasteiger partial charge in [-0.05, 0) is 26.8 Å². The highest BCUT2D eigenvalue weighted by molar-refractivity contribution is 5.67. The fourth-order valence-electron chi connectivity index (χ4n) is 1.66. The van der Waals surface area contributed by atoms with Gasteiger partial charge in [0.1, 0.15) is 5.60 Å². The predicted octanol–water partition coefficient (Wildman–Crippen LogP) is 3.88. The van der Waals surface area contributed by atoms with E-state index in [1.54, 1.807) is 20.8 Å². The molecule has 0 aliphatic heterocycles. The minimum Gasteiger partial charge on any atom is -0.444 e. The lowest BCUT2D eigenvalue weighted by Gasteiger charge is -2.19. The third-order valence-corrected chi connectivity index (χ3v) is 2.61. The maximum Gasteiger partial charge on any atom is 0.416 e. The summed E-state index contributed by atoms with van der Waals surface area (Å²) in [4.78, 5) is 21.2. The van der Waals surface area contributed by atoms with Gasteiger partial charge in [0, 0.05) is 30.7 Å². The lowest BCUT2D eigenvalue weighted by atomic mass is 10.1. The number of non-ortho nitro benzene ring substituents is 1. The molecule has 1 amide bonds. The molecule has 136 valence electrons. The maximum absolute atomic E-state index is 12.7. The third kappa shape index (κ3) is 7.56. The number of benzene rings is 1. The van der Waals surface area contributed by atoms with Gasteiger partial charge < -0.3 is 10.1 Å². The zero-order valence-corrected chi connectivity index (χ0v) is 13.9. The van der Waals surface area contributed by atoms with Crippen LogP contribution in [0, 0.1) is 22.0 Å². The summed E-state index contributed by atoms with van der Waals surface area (Å²) in [6, 6.07) is 2.15. The standard InChI is InChI=1S/C16H17F3N2O4/c1-15(2,3)25-14(22)20-7-5-4-6-11-8-12(16(17,18)19)10-13(9-11)21(23)24/h8-10H,5,7H2,1-3H3,(H,20,22). The van der Waals surface area contributed by atoms with E-state index >= 15 is 0 Å². The summed E-state index contributed by atoms with van der Waals surface area (Å²) in [6.07, 6.45) is -5.20. The summed E-state index contributed by atoms with van der Waals surface area (Å²) in [6.45, 7) is 5.23. The summed E-state index contributed by atoms with van der Waals surface area (Å²) in [5, 5.41) is 13.2. The van der Waals surface area contributed by atoms with E-state index in [9.17, 15) is 28.1 Å². The molecule has 0 saturated carbocycles. The molecule has 0 saturated heterocycles. The third-order valence-electron chi connectivity index (χ3n) is 2.61. The smallest absolute Gasteiger partial charge is 0.416 e. The lowest BCUT2D eigenvalue weighted by molar-refractivity contribution is -0.385. The molecule has 0 aliphatic rings. The van der Waals surface area contributed by atoms with Crippen LogP contribution < -0.4 is 5.32 Å². The summed E-state index contributed by atoms with van der Waals surface area (Å²) >= 11 is 0. The van der Waals surface area contributed by atoms with E-state index < -0.39 is 34.0 Å². The van der Waals surface area contributed by atoms with Crippen LogP contribution in [0.15, 0.2) is 18.2 Å². The first-order valence-corrected chi connectivity index (χ1v) is 7.21. The van der Waals surface area contributed by atoms with Crippen molar-refractivity contribution in [1.29, 1.82) is 0 Å². The molecule has 0 aliphatic carbocycles. The molecular weight excluding hydrogens is 341 g/mol. The largest absolute Gasteiger partial charge is 0.444 e. The van der Waals surface area contributed by atoms with Gasteiger partial charge >= 0.3 is 12.3 Å². The van der Waals surface area contributed by atoms with E-state index in [0.29, 0.717) is 6.07 Å². The molecule has 0 radical (unpaired) electrons. The number of nitrogens with one attached hydrogen (secondary N) is 1. The summed E-state index contributed by atoms with van der Waals surface area (Å²) < 4.78 is 43.2. The summed E-state index contributed by atoms with van der Waals surface area (Å²) in [5.74, 6) is 4.98. The average Bonchev–Trinajstić information content (AvgIpc) is 2.43. The van der Waals surface area contributed by atoms with E-state index in [1.807, 2.05) is 0 Å².